The van der Waals surface area contributed by atoms with Crippen molar-refractivity contribution in [3.63, 3.8) is 0 Å². The minimum atomic E-state index is -0.0196. The fraction of sp³-hybridized carbons (Fsp3) is 0.214. The first-order valence-corrected chi connectivity index (χ1v) is 6.03. The van der Waals surface area contributed by atoms with Crippen LogP contribution in [0.5, 0.6) is 0 Å². The average molecular weight is 263 g/mol. The highest BCUT2D eigenvalue weighted by atomic mass is 35.5. The van der Waals surface area contributed by atoms with Gasteiger partial charge in [0.25, 0.3) is 0 Å². The Balaban J connectivity index is 2.73. The van der Waals surface area contributed by atoms with Gasteiger partial charge in [0.1, 0.15) is 0 Å². The Morgan fingerprint density at radius 3 is 2.56 bits per heavy atom. The average Bonchev–Trinajstić information content (AvgIpc) is 2.50. The molecular weight excluding hydrogens is 248 g/mol. The number of nitrogens with two attached hydrogens (primary N) is 1. The number of ketones is 1. The van der Waals surface area contributed by atoms with Crippen LogP contribution in [-0.2, 0) is 7.05 Å². The normalized spacial score (nSPS) is 10.7. The molecule has 0 unspecified atom stereocenters. The summed E-state index contributed by atoms with van der Waals surface area (Å²) in [5.41, 5.74) is 9.83. The molecule has 1 aromatic heterocycles. The van der Waals surface area contributed by atoms with Crippen molar-refractivity contribution in [1.29, 1.82) is 0 Å². The topological polar surface area (TPSA) is 48.0 Å². The molecule has 0 atom stereocenters. The van der Waals surface area contributed by atoms with Crippen molar-refractivity contribution in [1.82, 2.24) is 4.57 Å². The number of nitrogens with zero attached hydrogens (tertiary/aromatic N) is 1. The van der Waals surface area contributed by atoms with Gasteiger partial charge in [-0.3, -0.25) is 4.79 Å². The third-order valence-corrected chi connectivity index (χ3v) is 3.41. The number of Topliss-reactive ketones (excluding diaryl/α,β-unsaturated/α-hetero) is 1. The number of nitrogen functional groups attached to an aromatic ring is 1. The van der Waals surface area contributed by atoms with Gasteiger partial charge in [0.2, 0.25) is 0 Å². The molecule has 1 aromatic carbocycles. The van der Waals surface area contributed by atoms with Gasteiger partial charge in [-0.1, -0.05) is 23.7 Å². The summed E-state index contributed by atoms with van der Waals surface area (Å²) in [6, 6.07) is 7.45. The predicted molar refractivity (Wildman–Crippen MR) is 75.0 cm³/mol. The van der Waals surface area contributed by atoms with Crippen LogP contribution in [0.4, 0.5) is 5.69 Å². The molecule has 18 heavy (non-hydrogen) atoms. The molecule has 2 aromatic rings. The van der Waals surface area contributed by atoms with E-state index < -0.39 is 0 Å². The van der Waals surface area contributed by atoms with Crippen molar-refractivity contribution in [2.24, 2.45) is 7.05 Å². The van der Waals surface area contributed by atoms with Crippen molar-refractivity contribution in [3.05, 3.63) is 40.5 Å². The van der Waals surface area contributed by atoms with E-state index in [0.717, 1.165) is 17.0 Å². The zero-order valence-corrected chi connectivity index (χ0v) is 11.4. The standard InChI is InChI=1S/C14H15ClN2O/c1-8-12(9(2)18)13(16)14(17(8)3)10-5-4-6-11(15)7-10/h4-7H,16H2,1-3H3. The number of carbonyl (C=O) groups is 1. The van der Waals surface area contributed by atoms with Crippen molar-refractivity contribution in [2.45, 2.75) is 13.8 Å². The fourth-order valence-corrected chi connectivity index (χ4v) is 2.45. The lowest BCUT2D eigenvalue weighted by Crippen LogP contribution is -1.98. The molecule has 0 aliphatic heterocycles. The SMILES string of the molecule is CC(=O)c1c(N)c(-c2cccc(Cl)c2)n(C)c1C. The lowest BCUT2D eigenvalue weighted by molar-refractivity contribution is 0.101. The lowest BCUT2D eigenvalue weighted by Gasteiger charge is -2.06. The van der Waals surface area contributed by atoms with Crippen molar-refractivity contribution in [2.75, 3.05) is 5.73 Å². The zero-order valence-electron chi connectivity index (χ0n) is 10.6. The van der Waals surface area contributed by atoms with E-state index in [4.69, 9.17) is 17.3 Å². The van der Waals surface area contributed by atoms with Gasteiger partial charge in [-0.2, -0.15) is 0 Å². The molecule has 0 fully saturated rings. The molecule has 0 radical (unpaired) electrons. The first-order valence-electron chi connectivity index (χ1n) is 5.65. The van der Waals surface area contributed by atoms with Crippen LogP contribution in [0.1, 0.15) is 23.0 Å². The Morgan fingerprint density at radius 1 is 1.39 bits per heavy atom. The molecule has 0 aliphatic rings. The van der Waals surface area contributed by atoms with Crippen molar-refractivity contribution in [3.8, 4) is 11.3 Å². The number of hydrogen-bond donors (Lipinski definition) is 1. The molecule has 94 valence electrons. The number of carbonyl (C=O) groups excluding carboxylic acids is 1. The zero-order chi connectivity index (χ0) is 13.4. The summed E-state index contributed by atoms with van der Waals surface area (Å²) in [5, 5.41) is 0.648. The minimum Gasteiger partial charge on any atom is -0.396 e. The Morgan fingerprint density at radius 2 is 2.06 bits per heavy atom. The van der Waals surface area contributed by atoms with Gasteiger partial charge in [0.05, 0.1) is 16.9 Å². The van der Waals surface area contributed by atoms with Crippen LogP contribution >= 0.6 is 11.6 Å². The summed E-state index contributed by atoms with van der Waals surface area (Å²) in [6.07, 6.45) is 0. The number of halogens is 1. The van der Waals surface area contributed by atoms with Gasteiger partial charge in [0, 0.05) is 23.3 Å². The molecule has 4 heteroatoms. The van der Waals surface area contributed by atoms with Crippen LogP contribution < -0.4 is 5.73 Å². The molecule has 1 heterocycles. The Hall–Kier alpha value is -1.74. The largest absolute Gasteiger partial charge is 0.396 e. The molecule has 3 nitrogen and oxygen atoms in total. The first-order chi connectivity index (χ1) is 8.43. The maximum absolute atomic E-state index is 11.6. The second-order valence-corrected chi connectivity index (χ2v) is 4.78. The summed E-state index contributed by atoms with van der Waals surface area (Å²) in [7, 11) is 1.90. The van der Waals surface area contributed by atoms with Crippen LogP contribution in [0.3, 0.4) is 0 Å². The number of benzene rings is 1. The maximum Gasteiger partial charge on any atom is 0.163 e. The van der Waals surface area contributed by atoms with E-state index >= 15 is 0 Å². The highest BCUT2D eigenvalue weighted by Gasteiger charge is 2.20. The van der Waals surface area contributed by atoms with Gasteiger partial charge in [0.15, 0.2) is 5.78 Å². The highest BCUT2D eigenvalue weighted by Crippen LogP contribution is 2.34. The number of hydrogen-bond acceptors (Lipinski definition) is 2. The number of rotatable bonds is 2. The Kier molecular flexibility index (Phi) is 3.18. The van der Waals surface area contributed by atoms with Gasteiger partial charge in [-0.05, 0) is 26.0 Å². The van der Waals surface area contributed by atoms with E-state index in [1.54, 1.807) is 0 Å². The molecular formula is C14H15ClN2O. The van der Waals surface area contributed by atoms with Gasteiger partial charge in [-0.25, -0.2) is 0 Å². The molecule has 0 amide bonds. The Labute approximate surface area is 111 Å². The summed E-state index contributed by atoms with van der Waals surface area (Å²) in [6.45, 7) is 3.42. The van der Waals surface area contributed by atoms with E-state index in [9.17, 15) is 4.79 Å². The molecule has 0 saturated carbocycles. The quantitative estimate of drug-likeness (QED) is 0.843. The third-order valence-electron chi connectivity index (χ3n) is 3.17. The predicted octanol–water partition coefficient (Wildman–Crippen LogP) is 3.44. The molecule has 0 aliphatic carbocycles. The highest BCUT2D eigenvalue weighted by molar-refractivity contribution is 6.30. The maximum atomic E-state index is 11.6. The monoisotopic (exact) mass is 262 g/mol. The molecule has 2 N–H and O–H groups in total. The Bertz CT molecular complexity index is 629. The summed E-state index contributed by atoms with van der Waals surface area (Å²) in [4.78, 5) is 11.6. The van der Waals surface area contributed by atoms with Crippen molar-refractivity contribution >= 4 is 23.1 Å². The van der Waals surface area contributed by atoms with Crippen LogP contribution in [0.2, 0.25) is 5.02 Å². The van der Waals surface area contributed by atoms with Gasteiger partial charge >= 0.3 is 0 Å². The number of aromatic nitrogens is 1. The molecule has 2 rings (SSSR count). The minimum absolute atomic E-state index is 0.0196. The summed E-state index contributed by atoms with van der Waals surface area (Å²) in [5.74, 6) is -0.0196. The van der Waals surface area contributed by atoms with Gasteiger partial charge in [-0.15, -0.1) is 0 Å². The second-order valence-electron chi connectivity index (χ2n) is 4.35. The lowest BCUT2D eigenvalue weighted by atomic mass is 10.1. The second kappa shape index (κ2) is 4.50. The molecule has 0 bridgehead atoms. The van der Waals surface area contributed by atoms with Crippen molar-refractivity contribution < 1.29 is 4.79 Å². The van der Waals surface area contributed by atoms with Crippen LogP contribution in [-0.4, -0.2) is 10.4 Å². The van der Waals surface area contributed by atoms with Crippen LogP contribution in [0.25, 0.3) is 11.3 Å². The van der Waals surface area contributed by atoms with Gasteiger partial charge < -0.3 is 10.3 Å². The number of anilines is 1. The van der Waals surface area contributed by atoms with E-state index in [1.165, 1.54) is 6.92 Å². The smallest absolute Gasteiger partial charge is 0.163 e. The molecule has 0 saturated heterocycles. The van der Waals surface area contributed by atoms with Crippen LogP contribution in [0, 0.1) is 6.92 Å². The van der Waals surface area contributed by atoms with E-state index in [2.05, 4.69) is 0 Å². The summed E-state index contributed by atoms with van der Waals surface area (Å²) >= 11 is 5.99. The third kappa shape index (κ3) is 1.91. The van der Waals surface area contributed by atoms with E-state index in [1.807, 2.05) is 42.8 Å². The van der Waals surface area contributed by atoms with E-state index in [-0.39, 0.29) is 5.78 Å². The fourth-order valence-electron chi connectivity index (χ4n) is 2.26. The molecule has 0 spiro atoms. The van der Waals surface area contributed by atoms with E-state index in [0.29, 0.717) is 16.3 Å². The summed E-state index contributed by atoms with van der Waals surface area (Å²) < 4.78 is 1.93. The first kappa shape index (κ1) is 12.7. The van der Waals surface area contributed by atoms with Crippen LogP contribution in [0.15, 0.2) is 24.3 Å².